The summed E-state index contributed by atoms with van der Waals surface area (Å²) in [5.41, 5.74) is 2.68. The second-order valence-electron chi connectivity index (χ2n) is 4.90. The zero-order valence-corrected chi connectivity index (χ0v) is 13.8. The van der Waals surface area contributed by atoms with E-state index in [-0.39, 0.29) is 5.91 Å². The number of amides is 1. The van der Waals surface area contributed by atoms with Gasteiger partial charge in [0.2, 0.25) is 0 Å². The van der Waals surface area contributed by atoms with Crippen LogP contribution >= 0.6 is 23.5 Å². The van der Waals surface area contributed by atoms with Crippen molar-refractivity contribution in [3.63, 3.8) is 0 Å². The molecule has 112 valence electrons. The van der Waals surface area contributed by atoms with Crippen LogP contribution in [0, 0.1) is 0 Å². The fraction of sp³-hybridized carbons (Fsp3) is 0.167. The first-order valence-electron chi connectivity index (χ1n) is 7.26. The molecule has 1 amide bonds. The van der Waals surface area contributed by atoms with Gasteiger partial charge in [-0.05, 0) is 35.6 Å². The third-order valence-electron chi connectivity index (χ3n) is 3.30. The van der Waals surface area contributed by atoms with Gasteiger partial charge in [-0.15, -0.1) is 23.5 Å². The summed E-state index contributed by atoms with van der Waals surface area (Å²) in [6.45, 7) is 0. The predicted molar refractivity (Wildman–Crippen MR) is 96.8 cm³/mol. The third kappa shape index (κ3) is 3.76. The third-order valence-corrected chi connectivity index (χ3v) is 5.92. The minimum atomic E-state index is -0.0567. The smallest absolute Gasteiger partial charge is 0.255 e. The topological polar surface area (TPSA) is 29.1 Å². The molecule has 1 saturated heterocycles. The molecule has 0 unspecified atom stereocenters. The van der Waals surface area contributed by atoms with E-state index in [0.717, 1.165) is 22.8 Å². The molecule has 0 aromatic heterocycles. The molecule has 0 atom stereocenters. The van der Waals surface area contributed by atoms with E-state index in [1.165, 1.54) is 10.7 Å². The molecule has 0 saturated carbocycles. The summed E-state index contributed by atoms with van der Waals surface area (Å²) < 4.78 is 1.21. The Morgan fingerprint density at radius 1 is 0.818 bits per heavy atom. The molecule has 0 spiro atoms. The van der Waals surface area contributed by atoms with E-state index in [0.29, 0.717) is 5.56 Å². The number of hydrogen-bond donors (Lipinski definition) is 1. The van der Waals surface area contributed by atoms with Crippen molar-refractivity contribution in [2.24, 2.45) is 0 Å². The summed E-state index contributed by atoms with van der Waals surface area (Å²) in [6.07, 6.45) is 1.22. The first kappa shape index (κ1) is 15.3. The largest absolute Gasteiger partial charge is 0.320 e. The summed E-state index contributed by atoms with van der Waals surface area (Å²) in [5.74, 6) is 2.17. The van der Waals surface area contributed by atoms with E-state index in [2.05, 4.69) is 5.32 Å². The fourth-order valence-corrected chi connectivity index (χ4v) is 4.79. The van der Waals surface area contributed by atoms with Crippen LogP contribution in [0.2, 0.25) is 0 Å². The lowest BCUT2D eigenvalue weighted by Gasteiger charge is -2.19. The van der Waals surface area contributed by atoms with Crippen LogP contribution in [0.15, 0.2) is 64.9 Å². The van der Waals surface area contributed by atoms with Crippen LogP contribution < -0.4 is 5.32 Å². The summed E-state index contributed by atoms with van der Waals surface area (Å²) in [4.78, 5) is 12.5. The zero-order chi connectivity index (χ0) is 15.2. The van der Waals surface area contributed by atoms with Crippen molar-refractivity contribution >= 4 is 35.1 Å². The molecule has 1 heterocycles. The highest BCUT2D eigenvalue weighted by atomic mass is 32.2. The van der Waals surface area contributed by atoms with Crippen LogP contribution in [0.5, 0.6) is 0 Å². The van der Waals surface area contributed by atoms with Gasteiger partial charge in [-0.25, -0.2) is 0 Å². The van der Waals surface area contributed by atoms with E-state index in [9.17, 15) is 4.79 Å². The van der Waals surface area contributed by atoms with Crippen molar-refractivity contribution in [2.45, 2.75) is 6.42 Å². The second kappa shape index (κ2) is 7.56. The molecular formula is C18H17NOS2. The molecule has 2 aromatic carbocycles. The van der Waals surface area contributed by atoms with Crippen LogP contribution in [0.4, 0.5) is 0 Å². The van der Waals surface area contributed by atoms with Gasteiger partial charge in [0.25, 0.3) is 5.91 Å². The Morgan fingerprint density at radius 3 is 1.95 bits per heavy atom. The van der Waals surface area contributed by atoms with Gasteiger partial charge in [-0.2, -0.15) is 0 Å². The van der Waals surface area contributed by atoms with E-state index >= 15 is 0 Å². The first-order valence-corrected chi connectivity index (χ1v) is 9.23. The average molecular weight is 327 g/mol. The van der Waals surface area contributed by atoms with E-state index in [1.54, 1.807) is 0 Å². The molecule has 1 aliphatic heterocycles. The lowest BCUT2D eigenvalue weighted by molar-refractivity contribution is 0.0973. The Hall–Kier alpha value is -1.65. The summed E-state index contributed by atoms with van der Waals surface area (Å²) in [7, 11) is 0. The maximum absolute atomic E-state index is 12.5. The minimum Gasteiger partial charge on any atom is -0.320 e. The number of carbonyl (C=O) groups excluding carboxylic acids is 1. The Kier molecular flexibility index (Phi) is 5.24. The van der Waals surface area contributed by atoms with Gasteiger partial charge >= 0.3 is 0 Å². The molecule has 2 nitrogen and oxygen atoms in total. The van der Waals surface area contributed by atoms with Gasteiger partial charge in [0, 0.05) is 5.56 Å². The Bertz CT molecular complexity index is 660. The minimum absolute atomic E-state index is 0.0567. The zero-order valence-electron chi connectivity index (χ0n) is 12.1. The monoisotopic (exact) mass is 327 g/mol. The maximum atomic E-state index is 12.5. The van der Waals surface area contributed by atoms with E-state index in [1.807, 2.05) is 84.2 Å². The lowest BCUT2D eigenvalue weighted by Crippen LogP contribution is -2.23. The fourth-order valence-electron chi connectivity index (χ4n) is 2.20. The van der Waals surface area contributed by atoms with Crippen LogP contribution in [0.3, 0.4) is 0 Å². The highest BCUT2D eigenvalue weighted by molar-refractivity contribution is 8.23. The highest BCUT2D eigenvalue weighted by Gasteiger charge is 2.17. The molecule has 1 aliphatic rings. The van der Waals surface area contributed by atoms with Crippen molar-refractivity contribution < 1.29 is 4.79 Å². The van der Waals surface area contributed by atoms with E-state index in [4.69, 9.17) is 0 Å². The van der Waals surface area contributed by atoms with Crippen molar-refractivity contribution in [1.82, 2.24) is 5.32 Å². The molecule has 1 N–H and O–H groups in total. The van der Waals surface area contributed by atoms with Gasteiger partial charge in [-0.1, -0.05) is 48.5 Å². The van der Waals surface area contributed by atoms with Gasteiger partial charge in [0.1, 0.15) is 0 Å². The normalized spacial score (nSPS) is 14.5. The van der Waals surface area contributed by atoms with Gasteiger partial charge in [0.15, 0.2) is 0 Å². The number of rotatable bonds is 3. The molecule has 3 rings (SSSR count). The summed E-state index contributed by atoms with van der Waals surface area (Å²) in [6, 6.07) is 19.4. The molecule has 0 aliphatic carbocycles. The Balaban J connectivity index is 1.91. The number of carbonyl (C=O) groups is 1. The van der Waals surface area contributed by atoms with Crippen molar-refractivity contribution in [3.8, 4) is 0 Å². The average Bonchev–Trinajstić information content (AvgIpc) is 2.62. The number of nitrogens with one attached hydrogen (secondary N) is 1. The molecule has 0 radical (unpaired) electrons. The summed E-state index contributed by atoms with van der Waals surface area (Å²) in [5, 5.41) is 3.12. The van der Waals surface area contributed by atoms with Crippen molar-refractivity contribution in [2.75, 3.05) is 11.5 Å². The molecule has 4 heteroatoms. The van der Waals surface area contributed by atoms with Crippen LogP contribution in [-0.4, -0.2) is 17.4 Å². The molecule has 2 aromatic rings. The molecule has 22 heavy (non-hydrogen) atoms. The standard InChI is InChI=1S/C18H17NOS2/c20-17(15-10-5-2-6-11-15)19-16(14-8-3-1-4-9-14)18-21-12-7-13-22-18/h1-6,8-11H,7,12-13H2,(H,19,20). The Morgan fingerprint density at radius 2 is 1.36 bits per heavy atom. The predicted octanol–water partition coefficient (Wildman–Crippen LogP) is 4.61. The number of hydrogen-bond acceptors (Lipinski definition) is 3. The van der Waals surface area contributed by atoms with Gasteiger partial charge < -0.3 is 5.32 Å². The summed E-state index contributed by atoms with van der Waals surface area (Å²) >= 11 is 3.66. The first-order chi connectivity index (χ1) is 10.8. The lowest BCUT2D eigenvalue weighted by atomic mass is 10.1. The SMILES string of the molecule is O=C(NC(=C1SCCCS1)c1ccccc1)c1ccccc1. The number of thioether (sulfide) groups is 2. The number of benzene rings is 2. The van der Waals surface area contributed by atoms with Gasteiger partial charge in [-0.3, -0.25) is 4.79 Å². The van der Waals surface area contributed by atoms with Crippen LogP contribution in [-0.2, 0) is 0 Å². The molecule has 1 fully saturated rings. The second-order valence-corrected chi connectivity index (χ2v) is 7.37. The van der Waals surface area contributed by atoms with Crippen LogP contribution in [0.1, 0.15) is 22.3 Å². The molecular weight excluding hydrogens is 310 g/mol. The van der Waals surface area contributed by atoms with E-state index < -0.39 is 0 Å². The molecule has 0 bridgehead atoms. The Labute approximate surface area is 139 Å². The van der Waals surface area contributed by atoms with Crippen molar-refractivity contribution in [3.05, 3.63) is 76.0 Å². The van der Waals surface area contributed by atoms with Crippen LogP contribution in [0.25, 0.3) is 5.70 Å². The highest BCUT2D eigenvalue weighted by Crippen LogP contribution is 2.39. The maximum Gasteiger partial charge on any atom is 0.255 e. The van der Waals surface area contributed by atoms with Crippen molar-refractivity contribution in [1.29, 1.82) is 0 Å². The quantitative estimate of drug-likeness (QED) is 0.892. The van der Waals surface area contributed by atoms with Gasteiger partial charge in [0.05, 0.1) is 9.93 Å².